The predicted molar refractivity (Wildman–Crippen MR) is 60.8 cm³/mol. The molecule has 0 saturated carbocycles. The van der Waals surface area contributed by atoms with Gasteiger partial charge >= 0.3 is 0 Å². The van der Waals surface area contributed by atoms with Crippen molar-refractivity contribution in [3.8, 4) is 0 Å². The zero-order valence-corrected chi connectivity index (χ0v) is 9.37. The lowest BCUT2D eigenvalue weighted by molar-refractivity contribution is 0.0782. The van der Waals surface area contributed by atoms with Crippen LogP contribution in [0.2, 0.25) is 0 Å². The monoisotopic (exact) mass is 207 g/mol. The maximum Gasteiger partial charge on any atom is 0.0471 e. The van der Waals surface area contributed by atoms with E-state index in [0.717, 1.165) is 31.2 Å². The Bertz CT molecular complexity index is 241. The van der Waals surface area contributed by atoms with E-state index in [1.807, 2.05) is 0 Å². The molecule has 1 N–H and O–H groups in total. The second-order valence-corrected chi connectivity index (χ2v) is 5.32. The lowest BCUT2D eigenvalue weighted by Gasteiger charge is -2.26. The Morgan fingerprint density at radius 2 is 1.67 bits per heavy atom. The average Bonchev–Trinajstić information content (AvgIpc) is 2.60. The van der Waals surface area contributed by atoms with Crippen LogP contribution in [-0.2, 0) is 4.74 Å². The van der Waals surface area contributed by atoms with Gasteiger partial charge in [0.2, 0.25) is 0 Å². The Labute approximate surface area is 92.1 Å². The molecule has 0 radical (unpaired) electrons. The van der Waals surface area contributed by atoms with Crippen molar-refractivity contribution in [1.29, 1.82) is 0 Å². The molecule has 2 bridgehead atoms. The topological polar surface area (TPSA) is 21.3 Å². The Hall–Kier alpha value is -0.340. The third-order valence-electron chi connectivity index (χ3n) is 4.09. The number of fused-ring (bicyclic) bond motifs is 2. The minimum absolute atomic E-state index is 0.801. The number of piperidine rings is 1. The first-order valence-electron chi connectivity index (χ1n) is 6.43. The van der Waals surface area contributed by atoms with Crippen molar-refractivity contribution in [2.45, 2.75) is 50.6 Å². The fraction of sp³-hybridized carbons (Fsp3) is 0.846. The highest BCUT2D eigenvalue weighted by Crippen LogP contribution is 2.32. The molecule has 2 unspecified atom stereocenters. The Morgan fingerprint density at radius 3 is 2.33 bits per heavy atom. The van der Waals surface area contributed by atoms with Gasteiger partial charge in [-0.25, -0.2) is 0 Å². The molecule has 2 atom stereocenters. The van der Waals surface area contributed by atoms with Crippen molar-refractivity contribution in [2.24, 2.45) is 5.92 Å². The third kappa shape index (κ3) is 2.26. The van der Waals surface area contributed by atoms with E-state index in [4.69, 9.17) is 4.74 Å². The van der Waals surface area contributed by atoms with E-state index in [1.54, 1.807) is 5.57 Å². The van der Waals surface area contributed by atoms with Crippen LogP contribution in [0, 0.1) is 5.92 Å². The van der Waals surface area contributed by atoms with Crippen LogP contribution in [0.5, 0.6) is 0 Å². The van der Waals surface area contributed by atoms with Crippen molar-refractivity contribution in [2.75, 3.05) is 13.2 Å². The number of ether oxygens (including phenoxy) is 1. The molecule has 15 heavy (non-hydrogen) atoms. The molecule has 3 aliphatic heterocycles. The van der Waals surface area contributed by atoms with Crippen molar-refractivity contribution in [3.63, 3.8) is 0 Å². The van der Waals surface area contributed by atoms with E-state index in [9.17, 15) is 0 Å². The van der Waals surface area contributed by atoms with Gasteiger partial charge in [0.25, 0.3) is 0 Å². The molecule has 0 aromatic heterocycles. The van der Waals surface area contributed by atoms with Gasteiger partial charge in [-0.2, -0.15) is 0 Å². The minimum Gasteiger partial charge on any atom is -0.381 e. The number of rotatable bonds is 1. The van der Waals surface area contributed by atoms with E-state index in [0.29, 0.717) is 0 Å². The Balaban J connectivity index is 1.63. The molecule has 3 rings (SSSR count). The fourth-order valence-corrected chi connectivity index (χ4v) is 3.29. The van der Waals surface area contributed by atoms with Crippen LogP contribution >= 0.6 is 0 Å². The summed E-state index contributed by atoms with van der Waals surface area (Å²) in [6.45, 7) is 1.94. The van der Waals surface area contributed by atoms with Crippen molar-refractivity contribution < 1.29 is 4.74 Å². The molecule has 84 valence electrons. The fourth-order valence-electron chi connectivity index (χ4n) is 3.29. The first-order chi connectivity index (χ1) is 7.40. The van der Waals surface area contributed by atoms with Gasteiger partial charge in [0, 0.05) is 25.3 Å². The zero-order valence-electron chi connectivity index (χ0n) is 9.37. The summed E-state index contributed by atoms with van der Waals surface area (Å²) in [5.41, 5.74) is 1.73. The summed E-state index contributed by atoms with van der Waals surface area (Å²) in [7, 11) is 0. The Kier molecular flexibility index (Phi) is 2.80. The summed E-state index contributed by atoms with van der Waals surface area (Å²) in [6.07, 6.45) is 10.5. The van der Waals surface area contributed by atoms with Gasteiger partial charge < -0.3 is 10.1 Å². The largest absolute Gasteiger partial charge is 0.381 e. The number of allylic oxidation sites excluding steroid dienone is 1. The summed E-state index contributed by atoms with van der Waals surface area (Å²) in [5.74, 6) is 0.811. The molecule has 3 aliphatic rings. The van der Waals surface area contributed by atoms with Gasteiger partial charge in [-0.05, 0) is 44.4 Å². The lowest BCUT2D eigenvalue weighted by atomic mass is 9.91. The first kappa shape index (κ1) is 9.86. The molecule has 0 aromatic rings. The van der Waals surface area contributed by atoms with Gasteiger partial charge in [0.1, 0.15) is 0 Å². The highest BCUT2D eigenvalue weighted by molar-refractivity contribution is 5.14. The van der Waals surface area contributed by atoms with Crippen molar-refractivity contribution in [1.82, 2.24) is 5.32 Å². The first-order valence-corrected chi connectivity index (χ1v) is 6.43. The summed E-state index contributed by atoms with van der Waals surface area (Å²) < 4.78 is 5.40. The number of hydrogen-bond acceptors (Lipinski definition) is 2. The van der Waals surface area contributed by atoms with Gasteiger partial charge in [0.15, 0.2) is 0 Å². The molecule has 3 fully saturated rings. The second-order valence-electron chi connectivity index (χ2n) is 5.32. The van der Waals surface area contributed by atoms with Gasteiger partial charge in [-0.1, -0.05) is 11.6 Å². The van der Waals surface area contributed by atoms with Gasteiger partial charge in [0.05, 0.1) is 0 Å². The predicted octanol–water partition coefficient (Wildman–Crippen LogP) is 2.25. The van der Waals surface area contributed by atoms with Crippen LogP contribution in [0.25, 0.3) is 0 Å². The van der Waals surface area contributed by atoms with Crippen molar-refractivity contribution >= 4 is 0 Å². The van der Waals surface area contributed by atoms with Crippen LogP contribution in [0.15, 0.2) is 11.6 Å². The third-order valence-corrected chi connectivity index (χ3v) is 4.09. The normalized spacial score (nSPS) is 36.9. The van der Waals surface area contributed by atoms with E-state index < -0.39 is 0 Å². The average molecular weight is 207 g/mol. The Morgan fingerprint density at radius 1 is 1.00 bits per heavy atom. The van der Waals surface area contributed by atoms with Crippen LogP contribution in [0.3, 0.4) is 0 Å². The molecule has 0 aliphatic carbocycles. The SMILES string of the molecule is C(=C1CC2CCC(C1)N2)C1CCOCC1. The highest BCUT2D eigenvalue weighted by atomic mass is 16.5. The molecule has 2 nitrogen and oxygen atoms in total. The molecule has 0 amide bonds. The van der Waals surface area contributed by atoms with Crippen LogP contribution in [0.4, 0.5) is 0 Å². The van der Waals surface area contributed by atoms with E-state index >= 15 is 0 Å². The quantitative estimate of drug-likeness (QED) is 0.666. The molecule has 3 heterocycles. The molecular weight excluding hydrogens is 186 g/mol. The maximum absolute atomic E-state index is 5.40. The summed E-state index contributed by atoms with van der Waals surface area (Å²) in [5, 5.41) is 3.69. The highest BCUT2D eigenvalue weighted by Gasteiger charge is 2.30. The van der Waals surface area contributed by atoms with Crippen molar-refractivity contribution in [3.05, 3.63) is 11.6 Å². The number of nitrogens with one attached hydrogen (secondary N) is 1. The molecular formula is C13H21NO. The molecule has 3 saturated heterocycles. The smallest absolute Gasteiger partial charge is 0.0471 e. The van der Waals surface area contributed by atoms with Crippen LogP contribution < -0.4 is 5.32 Å². The summed E-state index contributed by atoms with van der Waals surface area (Å²) in [4.78, 5) is 0. The lowest BCUT2D eigenvalue weighted by Crippen LogP contribution is -2.35. The number of hydrogen-bond donors (Lipinski definition) is 1. The van der Waals surface area contributed by atoms with Gasteiger partial charge in [-0.3, -0.25) is 0 Å². The molecule has 0 aromatic carbocycles. The van der Waals surface area contributed by atoms with Crippen LogP contribution in [0.1, 0.15) is 38.5 Å². The summed E-state index contributed by atoms with van der Waals surface area (Å²) >= 11 is 0. The van der Waals surface area contributed by atoms with E-state index in [1.165, 1.54) is 38.5 Å². The maximum atomic E-state index is 5.40. The van der Waals surface area contributed by atoms with E-state index in [2.05, 4.69) is 11.4 Å². The van der Waals surface area contributed by atoms with Crippen LogP contribution in [-0.4, -0.2) is 25.3 Å². The standard InChI is InChI=1S/C13H21NO/c1-2-13-9-11(8-12(1)14-13)7-10-3-5-15-6-4-10/h7,10,12-14H,1-6,8-9H2. The second kappa shape index (κ2) is 4.26. The summed E-state index contributed by atoms with van der Waals surface area (Å²) in [6, 6.07) is 1.60. The zero-order chi connectivity index (χ0) is 10.1. The van der Waals surface area contributed by atoms with Gasteiger partial charge in [-0.15, -0.1) is 0 Å². The molecule has 2 heteroatoms. The van der Waals surface area contributed by atoms with E-state index in [-0.39, 0.29) is 0 Å². The molecule has 0 spiro atoms. The minimum atomic E-state index is 0.801.